The maximum Gasteiger partial charge on any atom is 0.127 e. The summed E-state index contributed by atoms with van der Waals surface area (Å²) in [5.41, 5.74) is 2.00. The molecule has 1 aliphatic rings. The number of rotatable bonds is 7. The number of aryl methyl sites for hydroxylation is 1. The van der Waals surface area contributed by atoms with Crippen LogP contribution in [0.3, 0.4) is 0 Å². The lowest BCUT2D eigenvalue weighted by molar-refractivity contribution is 0.402. The summed E-state index contributed by atoms with van der Waals surface area (Å²) in [6, 6.07) is 5.65. The first-order chi connectivity index (χ1) is 9.70. The van der Waals surface area contributed by atoms with Crippen LogP contribution in [0.25, 0.3) is 0 Å². The Labute approximate surface area is 123 Å². The zero-order chi connectivity index (χ0) is 14.4. The van der Waals surface area contributed by atoms with Crippen molar-refractivity contribution in [3.8, 4) is 0 Å². The lowest BCUT2D eigenvalue weighted by Gasteiger charge is -2.21. The first-order valence-corrected chi connectivity index (χ1v) is 8.20. The van der Waals surface area contributed by atoms with Crippen molar-refractivity contribution >= 4 is 0 Å². The molecule has 1 aromatic rings. The lowest BCUT2D eigenvalue weighted by Crippen LogP contribution is -2.23. The van der Waals surface area contributed by atoms with Gasteiger partial charge in [-0.2, -0.15) is 0 Å². The van der Waals surface area contributed by atoms with E-state index in [1.807, 2.05) is 19.1 Å². The van der Waals surface area contributed by atoms with E-state index in [1.165, 1.54) is 32.1 Å². The van der Waals surface area contributed by atoms with Crippen LogP contribution in [0, 0.1) is 18.7 Å². The molecule has 20 heavy (non-hydrogen) atoms. The first kappa shape index (κ1) is 15.5. The molecule has 0 amide bonds. The number of nitrogens with one attached hydrogen (secondary N) is 1. The fourth-order valence-electron chi connectivity index (χ4n) is 3.32. The van der Waals surface area contributed by atoms with Crippen LogP contribution in [0.4, 0.5) is 4.39 Å². The summed E-state index contributed by atoms with van der Waals surface area (Å²) < 4.78 is 14.1. The summed E-state index contributed by atoms with van der Waals surface area (Å²) in [7, 11) is 0. The molecule has 0 aliphatic heterocycles. The fraction of sp³-hybridized carbons (Fsp3) is 0.667. The van der Waals surface area contributed by atoms with Crippen LogP contribution >= 0.6 is 0 Å². The minimum atomic E-state index is -0.0596. The molecule has 0 saturated heterocycles. The normalized spacial score (nSPS) is 17.6. The zero-order valence-corrected chi connectivity index (χ0v) is 12.9. The SMILES string of the molecule is CCCNC(CCC1CCCC1)c1cc(C)ccc1F. The molecule has 1 unspecified atom stereocenters. The van der Waals surface area contributed by atoms with Gasteiger partial charge in [0.2, 0.25) is 0 Å². The molecule has 2 rings (SSSR count). The van der Waals surface area contributed by atoms with E-state index in [0.717, 1.165) is 36.4 Å². The summed E-state index contributed by atoms with van der Waals surface area (Å²) in [6.45, 7) is 5.16. The van der Waals surface area contributed by atoms with Crippen molar-refractivity contribution in [2.24, 2.45) is 5.92 Å². The second-order valence-corrected chi connectivity index (χ2v) is 6.26. The molecule has 1 saturated carbocycles. The van der Waals surface area contributed by atoms with Gasteiger partial charge in [-0.1, -0.05) is 50.3 Å². The fourth-order valence-corrected chi connectivity index (χ4v) is 3.32. The zero-order valence-electron chi connectivity index (χ0n) is 12.9. The van der Waals surface area contributed by atoms with Gasteiger partial charge in [0.15, 0.2) is 0 Å². The molecule has 1 nitrogen and oxygen atoms in total. The van der Waals surface area contributed by atoms with Gasteiger partial charge in [0.1, 0.15) is 5.82 Å². The van der Waals surface area contributed by atoms with Crippen molar-refractivity contribution < 1.29 is 4.39 Å². The van der Waals surface area contributed by atoms with Crippen LogP contribution < -0.4 is 5.32 Å². The minimum absolute atomic E-state index is 0.0596. The third-order valence-corrected chi connectivity index (χ3v) is 4.51. The first-order valence-electron chi connectivity index (χ1n) is 8.20. The van der Waals surface area contributed by atoms with E-state index in [9.17, 15) is 4.39 Å². The van der Waals surface area contributed by atoms with Crippen LogP contribution in [0.1, 0.15) is 69.0 Å². The maximum absolute atomic E-state index is 14.1. The molecule has 0 spiro atoms. The van der Waals surface area contributed by atoms with Gasteiger partial charge < -0.3 is 5.32 Å². The third-order valence-electron chi connectivity index (χ3n) is 4.51. The van der Waals surface area contributed by atoms with Crippen LogP contribution in [0.15, 0.2) is 18.2 Å². The average Bonchev–Trinajstić information content (AvgIpc) is 2.95. The highest BCUT2D eigenvalue weighted by Gasteiger charge is 2.20. The van der Waals surface area contributed by atoms with Crippen LogP contribution in [0.2, 0.25) is 0 Å². The highest BCUT2D eigenvalue weighted by atomic mass is 19.1. The molecule has 0 aromatic heterocycles. The lowest BCUT2D eigenvalue weighted by atomic mass is 9.93. The van der Waals surface area contributed by atoms with Gasteiger partial charge in [0.25, 0.3) is 0 Å². The molecule has 0 bridgehead atoms. The summed E-state index contributed by atoms with van der Waals surface area (Å²) in [5.74, 6) is 0.810. The Bertz CT molecular complexity index is 410. The number of benzene rings is 1. The Morgan fingerprint density at radius 1 is 1.30 bits per heavy atom. The van der Waals surface area contributed by atoms with Gasteiger partial charge in [-0.15, -0.1) is 0 Å². The van der Waals surface area contributed by atoms with E-state index in [4.69, 9.17) is 0 Å². The highest BCUT2D eigenvalue weighted by Crippen LogP contribution is 2.32. The van der Waals surface area contributed by atoms with Crippen molar-refractivity contribution in [1.29, 1.82) is 0 Å². The Hall–Kier alpha value is -0.890. The predicted octanol–water partition coefficient (Wildman–Crippen LogP) is 5.15. The minimum Gasteiger partial charge on any atom is -0.310 e. The van der Waals surface area contributed by atoms with E-state index < -0.39 is 0 Å². The summed E-state index contributed by atoms with van der Waals surface area (Å²) in [6.07, 6.45) is 8.90. The molecule has 112 valence electrons. The molecule has 0 heterocycles. The number of hydrogen-bond donors (Lipinski definition) is 1. The topological polar surface area (TPSA) is 12.0 Å². The smallest absolute Gasteiger partial charge is 0.127 e. The average molecular weight is 277 g/mol. The molecule has 1 fully saturated rings. The van der Waals surface area contributed by atoms with Crippen molar-refractivity contribution in [3.05, 3.63) is 35.1 Å². The van der Waals surface area contributed by atoms with Crippen molar-refractivity contribution in [1.82, 2.24) is 5.32 Å². The van der Waals surface area contributed by atoms with Crippen LogP contribution in [-0.4, -0.2) is 6.54 Å². The molecule has 1 aromatic carbocycles. The summed E-state index contributed by atoms with van der Waals surface area (Å²) in [5, 5.41) is 3.54. The van der Waals surface area contributed by atoms with Gasteiger partial charge >= 0.3 is 0 Å². The molecule has 0 radical (unpaired) electrons. The van der Waals surface area contributed by atoms with Crippen molar-refractivity contribution in [2.75, 3.05) is 6.54 Å². The number of halogens is 1. The Morgan fingerprint density at radius 3 is 2.75 bits per heavy atom. The third kappa shape index (κ3) is 4.31. The molecule has 1 aliphatic carbocycles. The van der Waals surface area contributed by atoms with E-state index in [1.54, 1.807) is 6.07 Å². The molecule has 1 N–H and O–H groups in total. The van der Waals surface area contributed by atoms with E-state index in [2.05, 4.69) is 12.2 Å². The molecular weight excluding hydrogens is 249 g/mol. The van der Waals surface area contributed by atoms with Gasteiger partial charge in [-0.3, -0.25) is 0 Å². The molecular formula is C18H28FN. The Balaban J connectivity index is 2.02. The second kappa shape index (κ2) is 7.78. The van der Waals surface area contributed by atoms with Gasteiger partial charge in [-0.05, 0) is 44.7 Å². The highest BCUT2D eigenvalue weighted by molar-refractivity contribution is 5.26. The Kier molecular flexibility index (Phi) is 6.03. The van der Waals surface area contributed by atoms with Gasteiger partial charge in [0, 0.05) is 11.6 Å². The predicted molar refractivity (Wildman–Crippen MR) is 83.4 cm³/mol. The van der Waals surface area contributed by atoms with Crippen molar-refractivity contribution in [2.45, 2.75) is 64.8 Å². The van der Waals surface area contributed by atoms with Gasteiger partial charge in [-0.25, -0.2) is 4.39 Å². The number of hydrogen-bond acceptors (Lipinski definition) is 1. The van der Waals surface area contributed by atoms with E-state index in [0.29, 0.717) is 0 Å². The second-order valence-electron chi connectivity index (χ2n) is 6.26. The monoisotopic (exact) mass is 277 g/mol. The standard InChI is InChI=1S/C18H28FN/c1-3-12-20-18(11-9-15-6-4-5-7-15)16-13-14(2)8-10-17(16)19/h8,10,13,15,18,20H,3-7,9,11-12H2,1-2H3. The van der Waals surface area contributed by atoms with E-state index in [-0.39, 0.29) is 11.9 Å². The maximum atomic E-state index is 14.1. The molecule has 1 atom stereocenters. The van der Waals surface area contributed by atoms with Crippen LogP contribution in [-0.2, 0) is 0 Å². The molecule has 2 heteroatoms. The van der Waals surface area contributed by atoms with Crippen molar-refractivity contribution in [3.63, 3.8) is 0 Å². The quantitative estimate of drug-likeness (QED) is 0.727. The van der Waals surface area contributed by atoms with Gasteiger partial charge in [0.05, 0.1) is 0 Å². The Morgan fingerprint density at radius 2 is 2.05 bits per heavy atom. The summed E-state index contributed by atoms with van der Waals surface area (Å²) in [4.78, 5) is 0. The summed E-state index contributed by atoms with van der Waals surface area (Å²) >= 11 is 0. The van der Waals surface area contributed by atoms with Crippen LogP contribution in [0.5, 0.6) is 0 Å². The van der Waals surface area contributed by atoms with E-state index >= 15 is 0 Å². The largest absolute Gasteiger partial charge is 0.310 e.